The van der Waals surface area contributed by atoms with Crippen LogP contribution in [0.2, 0.25) is 0 Å². The summed E-state index contributed by atoms with van der Waals surface area (Å²) in [6.07, 6.45) is 4.62. The maximum absolute atomic E-state index is 5.33. The molecule has 7 heteroatoms. The van der Waals surface area contributed by atoms with E-state index >= 15 is 0 Å². The summed E-state index contributed by atoms with van der Waals surface area (Å²) in [6.45, 7) is 5.76. The topological polar surface area (TPSA) is 58.8 Å². The zero-order chi connectivity index (χ0) is 17.2. The molecule has 1 aliphatic rings. The summed E-state index contributed by atoms with van der Waals surface area (Å²) >= 11 is 0. The number of rotatable bonds is 4. The largest absolute Gasteiger partial charge is 0.497 e. The summed E-state index contributed by atoms with van der Waals surface area (Å²) in [5.41, 5.74) is 2.04. The zero-order valence-electron chi connectivity index (χ0n) is 14.6. The van der Waals surface area contributed by atoms with Gasteiger partial charge < -0.3 is 14.5 Å². The molecule has 1 saturated heterocycles. The highest BCUT2D eigenvalue weighted by molar-refractivity contribution is 5.64. The molecule has 0 atom stereocenters. The second kappa shape index (κ2) is 6.58. The predicted octanol–water partition coefficient (Wildman–Crippen LogP) is 2.02. The Hall–Kier alpha value is -2.83. The molecule has 0 amide bonds. The molecule has 0 unspecified atom stereocenters. The number of hydrogen-bond acceptors (Lipinski definition) is 6. The standard InChI is InChI=1S/C18H22N6O/c1-3-16-20-21-18-17(19-7-8-24(16)18)23-11-9-22(10-12-23)14-5-4-6-15(13-14)25-2/h4-8,13H,3,9-12H2,1-2H3. The summed E-state index contributed by atoms with van der Waals surface area (Å²) < 4.78 is 7.37. The Balaban J connectivity index is 1.53. The lowest BCUT2D eigenvalue weighted by atomic mass is 10.2. The monoisotopic (exact) mass is 338 g/mol. The number of piperazine rings is 1. The molecule has 1 fully saturated rings. The molecule has 3 aromatic rings. The first-order chi connectivity index (χ1) is 12.3. The Bertz CT molecular complexity index is 869. The summed E-state index contributed by atoms with van der Waals surface area (Å²) in [5, 5.41) is 8.62. The zero-order valence-corrected chi connectivity index (χ0v) is 14.6. The summed E-state index contributed by atoms with van der Waals surface area (Å²) in [4.78, 5) is 9.23. The second-order valence-electron chi connectivity index (χ2n) is 6.09. The Morgan fingerprint density at radius 2 is 1.88 bits per heavy atom. The van der Waals surface area contributed by atoms with E-state index in [0.717, 1.165) is 55.6 Å². The van der Waals surface area contributed by atoms with Gasteiger partial charge >= 0.3 is 0 Å². The van der Waals surface area contributed by atoms with Crippen LogP contribution in [0.1, 0.15) is 12.7 Å². The lowest BCUT2D eigenvalue weighted by Crippen LogP contribution is -2.47. The number of methoxy groups -OCH3 is 1. The van der Waals surface area contributed by atoms with Crippen LogP contribution in [0.15, 0.2) is 36.7 Å². The van der Waals surface area contributed by atoms with E-state index in [1.807, 2.05) is 28.9 Å². The van der Waals surface area contributed by atoms with E-state index in [1.165, 1.54) is 5.69 Å². The SMILES string of the molecule is CCc1nnc2c(N3CCN(c4cccc(OC)c4)CC3)nccn12. The van der Waals surface area contributed by atoms with Crippen molar-refractivity contribution < 1.29 is 4.74 Å². The van der Waals surface area contributed by atoms with Gasteiger partial charge in [0, 0.05) is 56.7 Å². The summed E-state index contributed by atoms with van der Waals surface area (Å²) in [6, 6.07) is 8.22. The molecule has 2 aromatic heterocycles. The molecule has 0 spiro atoms. The van der Waals surface area contributed by atoms with Crippen LogP contribution in [0.25, 0.3) is 5.65 Å². The molecule has 1 aromatic carbocycles. The Labute approximate surface area is 146 Å². The van der Waals surface area contributed by atoms with Crippen LogP contribution >= 0.6 is 0 Å². The minimum Gasteiger partial charge on any atom is -0.497 e. The van der Waals surface area contributed by atoms with Gasteiger partial charge in [-0.05, 0) is 12.1 Å². The molecule has 0 aliphatic carbocycles. The molecular weight excluding hydrogens is 316 g/mol. The lowest BCUT2D eigenvalue weighted by Gasteiger charge is -2.36. The van der Waals surface area contributed by atoms with Gasteiger partial charge in [0.2, 0.25) is 5.65 Å². The van der Waals surface area contributed by atoms with Gasteiger partial charge in [-0.1, -0.05) is 13.0 Å². The molecule has 7 nitrogen and oxygen atoms in total. The fourth-order valence-corrected chi connectivity index (χ4v) is 3.31. The number of anilines is 2. The highest BCUT2D eigenvalue weighted by Crippen LogP contribution is 2.24. The molecule has 3 heterocycles. The van der Waals surface area contributed by atoms with Crippen LogP contribution in [0.4, 0.5) is 11.5 Å². The quantitative estimate of drug-likeness (QED) is 0.725. The van der Waals surface area contributed by atoms with E-state index in [1.54, 1.807) is 7.11 Å². The fraction of sp³-hybridized carbons (Fsp3) is 0.389. The van der Waals surface area contributed by atoms with E-state index in [2.05, 4.69) is 44.0 Å². The smallest absolute Gasteiger partial charge is 0.203 e. The first kappa shape index (κ1) is 15.7. The molecule has 0 radical (unpaired) electrons. The lowest BCUT2D eigenvalue weighted by molar-refractivity contribution is 0.414. The van der Waals surface area contributed by atoms with E-state index in [0.29, 0.717) is 0 Å². The van der Waals surface area contributed by atoms with E-state index in [-0.39, 0.29) is 0 Å². The Morgan fingerprint density at radius 3 is 2.64 bits per heavy atom. The van der Waals surface area contributed by atoms with Crippen molar-refractivity contribution in [2.24, 2.45) is 0 Å². The molecule has 4 rings (SSSR count). The van der Waals surface area contributed by atoms with Crippen LogP contribution in [0.3, 0.4) is 0 Å². The van der Waals surface area contributed by atoms with Crippen LogP contribution in [-0.4, -0.2) is 52.9 Å². The minimum absolute atomic E-state index is 0.842. The number of fused-ring (bicyclic) bond motifs is 1. The molecule has 0 saturated carbocycles. The second-order valence-corrected chi connectivity index (χ2v) is 6.09. The van der Waals surface area contributed by atoms with Crippen molar-refractivity contribution in [3.63, 3.8) is 0 Å². The van der Waals surface area contributed by atoms with Crippen molar-refractivity contribution in [3.8, 4) is 5.75 Å². The van der Waals surface area contributed by atoms with Crippen molar-refractivity contribution in [3.05, 3.63) is 42.5 Å². The van der Waals surface area contributed by atoms with Crippen LogP contribution < -0.4 is 14.5 Å². The molecule has 130 valence electrons. The van der Waals surface area contributed by atoms with E-state index in [4.69, 9.17) is 4.74 Å². The van der Waals surface area contributed by atoms with Crippen molar-refractivity contribution in [1.29, 1.82) is 0 Å². The molecule has 1 aliphatic heterocycles. The van der Waals surface area contributed by atoms with E-state index < -0.39 is 0 Å². The predicted molar refractivity (Wildman–Crippen MR) is 97.6 cm³/mol. The third-order valence-electron chi connectivity index (χ3n) is 4.69. The van der Waals surface area contributed by atoms with Gasteiger partial charge in [-0.3, -0.25) is 4.40 Å². The number of aromatic nitrogens is 4. The van der Waals surface area contributed by atoms with E-state index in [9.17, 15) is 0 Å². The third-order valence-corrected chi connectivity index (χ3v) is 4.69. The molecular formula is C18H22N6O. The van der Waals surface area contributed by atoms with Crippen molar-refractivity contribution in [2.75, 3.05) is 43.1 Å². The number of benzene rings is 1. The van der Waals surface area contributed by atoms with Gasteiger partial charge in [0.1, 0.15) is 11.6 Å². The minimum atomic E-state index is 0.842. The Kier molecular flexibility index (Phi) is 4.13. The van der Waals surface area contributed by atoms with Crippen LogP contribution in [-0.2, 0) is 6.42 Å². The highest BCUT2D eigenvalue weighted by atomic mass is 16.5. The van der Waals surface area contributed by atoms with Crippen LogP contribution in [0, 0.1) is 0 Å². The molecule has 25 heavy (non-hydrogen) atoms. The highest BCUT2D eigenvalue weighted by Gasteiger charge is 2.21. The number of nitrogens with zero attached hydrogens (tertiary/aromatic N) is 6. The van der Waals surface area contributed by atoms with Crippen molar-refractivity contribution in [2.45, 2.75) is 13.3 Å². The average molecular weight is 338 g/mol. The maximum Gasteiger partial charge on any atom is 0.203 e. The normalized spacial score (nSPS) is 15.0. The van der Waals surface area contributed by atoms with Crippen molar-refractivity contribution in [1.82, 2.24) is 19.6 Å². The Morgan fingerprint density at radius 1 is 1.08 bits per heavy atom. The fourth-order valence-electron chi connectivity index (χ4n) is 3.31. The average Bonchev–Trinajstić information content (AvgIpc) is 3.11. The molecule has 0 N–H and O–H groups in total. The van der Waals surface area contributed by atoms with Gasteiger partial charge in [-0.2, -0.15) is 0 Å². The number of hydrogen-bond donors (Lipinski definition) is 0. The molecule has 0 bridgehead atoms. The van der Waals surface area contributed by atoms with Crippen LogP contribution in [0.5, 0.6) is 5.75 Å². The number of ether oxygens (including phenoxy) is 1. The summed E-state index contributed by atoms with van der Waals surface area (Å²) in [7, 11) is 1.70. The third kappa shape index (κ3) is 2.86. The van der Waals surface area contributed by atoms with Gasteiger partial charge in [0.05, 0.1) is 7.11 Å². The van der Waals surface area contributed by atoms with Gasteiger partial charge in [0.25, 0.3) is 0 Å². The first-order valence-electron chi connectivity index (χ1n) is 8.62. The van der Waals surface area contributed by atoms with Gasteiger partial charge in [0.15, 0.2) is 5.82 Å². The van der Waals surface area contributed by atoms with Gasteiger partial charge in [-0.15, -0.1) is 10.2 Å². The number of aryl methyl sites for hydroxylation is 1. The first-order valence-corrected chi connectivity index (χ1v) is 8.62. The maximum atomic E-state index is 5.33. The van der Waals surface area contributed by atoms with Crippen molar-refractivity contribution >= 4 is 17.2 Å². The van der Waals surface area contributed by atoms with Gasteiger partial charge in [-0.25, -0.2) is 4.98 Å². The summed E-state index contributed by atoms with van der Waals surface area (Å²) in [5.74, 6) is 2.77.